The van der Waals surface area contributed by atoms with Crippen LogP contribution in [0, 0.1) is 18.6 Å². The third kappa shape index (κ3) is 4.07. The molecule has 1 N–H and O–H groups in total. The Labute approximate surface area is 190 Å². The van der Waals surface area contributed by atoms with Gasteiger partial charge in [0.15, 0.2) is 11.6 Å². The van der Waals surface area contributed by atoms with Gasteiger partial charge in [0, 0.05) is 60.8 Å². The zero-order valence-electron chi connectivity index (χ0n) is 18.3. The molecule has 1 aliphatic heterocycles. The van der Waals surface area contributed by atoms with Crippen LogP contribution < -0.4 is 10.2 Å². The molecule has 0 unspecified atom stereocenters. The number of piperazine rings is 1. The first-order valence-electron chi connectivity index (χ1n) is 10.8. The molecular formula is C26H23F2N5. The molecule has 1 fully saturated rings. The average molecular weight is 444 g/mol. The molecule has 7 heteroatoms. The van der Waals surface area contributed by atoms with Gasteiger partial charge in [0.1, 0.15) is 6.33 Å². The lowest BCUT2D eigenvalue weighted by atomic mass is 9.94. The Morgan fingerprint density at radius 1 is 1.00 bits per heavy atom. The molecule has 0 bridgehead atoms. The summed E-state index contributed by atoms with van der Waals surface area (Å²) in [6.07, 6.45) is 4.97. The van der Waals surface area contributed by atoms with E-state index in [4.69, 9.17) is 0 Å². The first-order valence-corrected chi connectivity index (χ1v) is 10.8. The molecule has 0 aliphatic carbocycles. The molecule has 2 aromatic carbocycles. The van der Waals surface area contributed by atoms with Crippen molar-refractivity contribution < 1.29 is 8.78 Å². The standard InChI is InChI=1S/C26H23F2N5/c1-16(18-3-4-24-21(9-18)13-30-15-32-24)22-10-20(14-31-17(22)2)19-11-23(27)26(28)25(12-19)33-7-5-29-6-8-33/h3-4,9-15,29H,1,5-8H2,2H3. The van der Waals surface area contributed by atoms with E-state index >= 15 is 0 Å². The number of pyridine rings is 1. The zero-order chi connectivity index (χ0) is 22.9. The zero-order valence-corrected chi connectivity index (χ0v) is 18.3. The molecule has 0 radical (unpaired) electrons. The van der Waals surface area contributed by atoms with Crippen molar-refractivity contribution in [3.05, 3.63) is 90.2 Å². The monoisotopic (exact) mass is 443 g/mol. The number of rotatable bonds is 4. The summed E-state index contributed by atoms with van der Waals surface area (Å²) in [5.41, 5.74) is 5.78. The molecule has 1 saturated heterocycles. The lowest BCUT2D eigenvalue weighted by Crippen LogP contribution is -2.44. The van der Waals surface area contributed by atoms with Crippen molar-refractivity contribution in [3.63, 3.8) is 0 Å². The van der Waals surface area contributed by atoms with Gasteiger partial charge in [-0.2, -0.15) is 0 Å². The van der Waals surface area contributed by atoms with Gasteiger partial charge in [-0.25, -0.2) is 18.7 Å². The second-order valence-corrected chi connectivity index (χ2v) is 8.16. The first-order chi connectivity index (χ1) is 16.0. The Balaban J connectivity index is 1.54. The van der Waals surface area contributed by atoms with Crippen molar-refractivity contribution in [2.24, 2.45) is 0 Å². The Morgan fingerprint density at radius 2 is 1.82 bits per heavy atom. The van der Waals surface area contributed by atoms with Gasteiger partial charge in [0.2, 0.25) is 0 Å². The fourth-order valence-electron chi connectivity index (χ4n) is 4.20. The quantitative estimate of drug-likeness (QED) is 0.493. The smallest absolute Gasteiger partial charge is 0.182 e. The molecule has 5 nitrogen and oxygen atoms in total. The van der Waals surface area contributed by atoms with Gasteiger partial charge in [-0.05, 0) is 54.0 Å². The minimum Gasteiger partial charge on any atom is -0.367 e. The van der Waals surface area contributed by atoms with Crippen LogP contribution in [0.5, 0.6) is 0 Å². The number of anilines is 1. The highest BCUT2D eigenvalue weighted by atomic mass is 19.2. The van der Waals surface area contributed by atoms with Gasteiger partial charge in [0.05, 0.1) is 11.2 Å². The van der Waals surface area contributed by atoms with E-state index < -0.39 is 11.6 Å². The van der Waals surface area contributed by atoms with Crippen LogP contribution in [0.15, 0.2) is 61.7 Å². The van der Waals surface area contributed by atoms with Crippen molar-refractivity contribution in [1.29, 1.82) is 0 Å². The third-order valence-electron chi connectivity index (χ3n) is 6.07. The Kier molecular flexibility index (Phi) is 5.56. The minimum atomic E-state index is -0.864. The van der Waals surface area contributed by atoms with E-state index in [1.807, 2.05) is 36.1 Å². The van der Waals surface area contributed by atoms with Crippen LogP contribution >= 0.6 is 0 Å². The van der Waals surface area contributed by atoms with Gasteiger partial charge in [0.25, 0.3) is 0 Å². The molecule has 5 rings (SSSR count). The Morgan fingerprint density at radius 3 is 2.64 bits per heavy atom. The van der Waals surface area contributed by atoms with Gasteiger partial charge in [-0.15, -0.1) is 0 Å². The number of benzene rings is 2. The highest BCUT2D eigenvalue weighted by Crippen LogP contribution is 2.33. The summed E-state index contributed by atoms with van der Waals surface area (Å²) in [7, 11) is 0. The first kappa shape index (κ1) is 21.2. The number of nitrogens with zero attached hydrogens (tertiary/aromatic N) is 4. The second-order valence-electron chi connectivity index (χ2n) is 8.16. The van der Waals surface area contributed by atoms with Crippen molar-refractivity contribution in [3.8, 4) is 11.1 Å². The average Bonchev–Trinajstić information content (AvgIpc) is 2.85. The summed E-state index contributed by atoms with van der Waals surface area (Å²) in [4.78, 5) is 14.8. The van der Waals surface area contributed by atoms with E-state index in [0.717, 1.165) is 46.4 Å². The van der Waals surface area contributed by atoms with Crippen molar-refractivity contribution in [2.75, 3.05) is 31.1 Å². The predicted molar refractivity (Wildman–Crippen MR) is 127 cm³/mol. The molecule has 166 valence electrons. The minimum absolute atomic E-state index is 0.280. The van der Waals surface area contributed by atoms with E-state index in [1.54, 1.807) is 18.5 Å². The summed E-state index contributed by atoms with van der Waals surface area (Å²) in [5, 5.41) is 4.15. The van der Waals surface area contributed by atoms with Crippen LogP contribution in [-0.2, 0) is 0 Å². The molecule has 0 amide bonds. The van der Waals surface area contributed by atoms with Crippen LogP contribution in [-0.4, -0.2) is 41.1 Å². The number of hydrogen-bond donors (Lipinski definition) is 1. The van der Waals surface area contributed by atoms with E-state index in [2.05, 4.69) is 26.8 Å². The SMILES string of the molecule is C=C(c1ccc2ncncc2c1)c1cc(-c2cc(F)c(F)c(N3CCNCC3)c2)cnc1C. The number of fused-ring (bicyclic) bond motifs is 1. The van der Waals surface area contributed by atoms with Gasteiger partial charge >= 0.3 is 0 Å². The second kappa shape index (κ2) is 8.67. The lowest BCUT2D eigenvalue weighted by molar-refractivity contribution is 0.500. The van der Waals surface area contributed by atoms with E-state index in [0.29, 0.717) is 24.2 Å². The molecule has 0 atom stereocenters. The molecule has 33 heavy (non-hydrogen) atoms. The topological polar surface area (TPSA) is 53.9 Å². The molecule has 0 saturated carbocycles. The molecule has 4 aromatic rings. The summed E-state index contributed by atoms with van der Waals surface area (Å²) in [6, 6.07) is 10.8. The molecule has 2 aromatic heterocycles. The summed E-state index contributed by atoms with van der Waals surface area (Å²) < 4.78 is 29.2. The van der Waals surface area contributed by atoms with Crippen LogP contribution in [0.1, 0.15) is 16.8 Å². The van der Waals surface area contributed by atoms with Crippen molar-refractivity contribution in [2.45, 2.75) is 6.92 Å². The fraction of sp³-hybridized carbons (Fsp3) is 0.192. The number of aromatic nitrogens is 3. The fourth-order valence-corrected chi connectivity index (χ4v) is 4.20. The highest BCUT2D eigenvalue weighted by molar-refractivity contribution is 5.88. The molecule has 3 heterocycles. The summed E-state index contributed by atoms with van der Waals surface area (Å²) in [5.74, 6) is -1.68. The van der Waals surface area contributed by atoms with Crippen molar-refractivity contribution in [1.82, 2.24) is 20.3 Å². The number of aryl methyl sites for hydroxylation is 1. The van der Waals surface area contributed by atoms with Crippen LogP contribution in [0.3, 0.4) is 0 Å². The number of halogens is 2. The largest absolute Gasteiger partial charge is 0.367 e. The van der Waals surface area contributed by atoms with Gasteiger partial charge < -0.3 is 10.2 Å². The lowest BCUT2D eigenvalue weighted by Gasteiger charge is -2.30. The van der Waals surface area contributed by atoms with Crippen LogP contribution in [0.25, 0.3) is 27.6 Å². The maximum atomic E-state index is 14.6. The molecule has 1 aliphatic rings. The Hall–Kier alpha value is -3.71. The maximum Gasteiger partial charge on any atom is 0.182 e. The van der Waals surface area contributed by atoms with Crippen molar-refractivity contribution >= 4 is 22.2 Å². The summed E-state index contributed by atoms with van der Waals surface area (Å²) in [6.45, 7) is 8.92. The summed E-state index contributed by atoms with van der Waals surface area (Å²) >= 11 is 0. The normalized spacial score (nSPS) is 14.0. The van der Waals surface area contributed by atoms with Gasteiger partial charge in [-0.3, -0.25) is 4.98 Å². The van der Waals surface area contributed by atoms with Crippen LogP contribution in [0.4, 0.5) is 14.5 Å². The van der Waals surface area contributed by atoms with Crippen LogP contribution in [0.2, 0.25) is 0 Å². The number of hydrogen-bond acceptors (Lipinski definition) is 5. The van der Waals surface area contributed by atoms with E-state index in [-0.39, 0.29) is 5.69 Å². The molecular weight excluding hydrogens is 420 g/mol. The number of nitrogens with one attached hydrogen (secondary N) is 1. The predicted octanol–water partition coefficient (Wildman–Crippen LogP) is 4.75. The maximum absolute atomic E-state index is 14.6. The highest BCUT2D eigenvalue weighted by Gasteiger charge is 2.20. The third-order valence-corrected chi connectivity index (χ3v) is 6.07. The van der Waals surface area contributed by atoms with Gasteiger partial charge in [-0.1, -0.05) is 12.6 Å². The van der Waals surface area contributed by atoms with E-state index in [9.17, 15) is 8.78 Å². The molecule has 0 spiro atoms. The Bertz CT molecular complexity index is 1360. The van der Waals surface area contributed by atoms with E-state index in [1.165, 1.54) is 12.4 Å².